The third kappa shape index (κ3) is 6.43. The molecule has 0 aliphatic carbocycles. The molecule has 2 saturated heterocycles. The lowest BCUT2D eigenvalue weighted by molar-refractivity contribution is -0.123. The molecule has 9 heteroatoms. The van der Waals surface area contributed by atoms with Gasteiger partial charge < -0.3 is 4.90 Å². The fourth-order valence-corrected chi connectivity index (χ4v) is 5.50. The Hall–Kier alpha value is -3.82. The van der Waals surface area contributed by atoms with Crippen molar-refractivity contribution in [2.24, 2.45) is 0 Å². The maximum absolute atomic E-state index is 14.1. The van der Waals surface area contributed by atoms with Gasteiger partial charge in [-0.25, -0.2) is 8.78 Å². The molecule has 0 aromatic heterocycles. The molecule has 2 fully saturated rings. The second kappa shape index (κ2) is 11.9. The summed E-state index contributed by atoms with van der Waals surface area (Å²) >= 11 is 0.752. The van der Waals surface area contributed by atoms with Gasteiger partial charge in [-0.3, -0.25) is 24.2 Å². The SMILES string of the molecule is O=C(c1cccc(/C=C2\SC(=O)N(Cc3ccc(F)cc3F)C2=O)c1)N1CCN(CCc2ccccc2)CC1. The van der Waals surface area contributed by atoms with Crippen LogP contribution in [-0.2, 0) is 17.8 Å². The van der Waals surface area contributed by atoms with E-state index in [1.807, 2.05) is 23.1 Å². The second-order valence-electron chi connectivity index (χ2n) is 9.50. The minimum Gasteiger partial charge on any atom is -0.336 e. The summed E-state index contributed by atoms with van der Waals surface area (Å²) in [7, 11) is 0. The first-order valence-electron chi connectivity index (χ1n) is 12.7. The molecular weight excluding hydrogens is 520 g/mol. The number of carbonyl (C=O) groups excluding carboxylic acids is 3. The van der Waals surface area contributed by atoms with Crippen molar-refractivity contribution in [3.63, 3.8) is 0 Å². The van der Waals surface area contributed by atoms with E-state index >= 15 is 0 Å². The molecule has 0 unspecified atom stereocenters. The average molecular weight is 548 g/mol. The third-order valence-corrected chi connectivity index (χ3v) is 7.77. The van der Waals surface area contributed by atoms with E-state index in [2.05, 4.69) is 17.0 Å². The summed E-state index contributed by atoms with van der Waals surface area (Å²) < 4.78 is 27.3. The Morgan fingerprint density at radius 3 is 2.41 bits per heavy atom. The largest absolute Gasteiger partial charge is 0.336 e. The van der Waals surface area contributed by atoms with E-state index in [1.54, 1.807) is 30.3 Å². The Kier molecular flexibility index (Phi) is 8.18. The highest BCUT2D eigenvalue weighted by Gasteiger charge is 2.35. The van der Waals surface area contributed by atoms with Crippen molar-refractivity contribution in [2.75, 3.05) is 32.7 Å². The predicted molar refractivity (Wildman–Crippen MR) is 147 cm³/mol. The zero-order chi connectivity index (χ0) is 27.4. The standard InChI is InChI=1S/C30H27F2N3O3S/c31-25-10-9-24(26(32)19-25)20-35-29(37)27(39-30(35)38)18-22-7-4-8-23(17-22)28(36)34-15-13-33(14-16-34)12-11-21-5-2-1-3-6-21/h1-10,17-19H,11-16,20H2/b27-18-. The van der Waals surface area contributed by atoms with Gasteiger partial charge in [0.05, 0.1) is 11.4 Å². The predicted octanol–water partition coefficient (Wildman–Crippen LogP) is 5.20. The number of hydrogen-bond acceptors (Lipinski definition) is 5. The van der Waals surface area contributed by atoms with Gasteiger partial charge in [-0.05, 0) is 53.6 Å². The maximum atomic E-state index is 14.1. The Morgan fingerprint density at radius 1 is 0.897 bits per heavy atom. The molecule has 3 aromatic rings. The van der Waals surface area contributed by atoms with Crippen LogP contribution in [0.3, 0.4) is 0 Å². The molecule has 0 spiro atoms. The number of amides is 3. The van der Waals surface area contributed by atoms with Crippen LogP contribution in [0.25, 0.3) is 6.08 Å². The van der Waals surface area contributed by atoms with Crippen LogP contribution in [0.2, 0.25) is 0 Å². The number of benzene rings is 3. The highest BCUT2D eigenvalue weighted by Crippen LogP contribution is 2.33. The van der Waals surface area contributed by atoms with Gasteiger partial charge in [0.25, 0.3) is 17.1 Å². The molecule has 2 heterocycles. The first-order valence-corrected chi connectivity index (χ1v) is 13.5. The van der Waals surface area contributed by atoms with Crippen LogP contribution in [0.4, 0.5) is 13.6 Å². The van der Waals surface area contributed by atoms with Crippen molar-refractivity contribution in [3.05, 3.63) is 112 Å². The van der Waals surface area contributed by atoms with E-state index < -0.39 is 22.8 Å². The smallest absolute Gasteiger partial charge is 0.293 e. The first kappa shape index (κ1) is 26.8. The number of rotatable bonds is 7. The van der Waals surface area contributed by atoms with E-state index in [4.69, 9.17) is 0 Å². The van der Waals surface area contributed by atoms with Crippen LogP contribution in [0.15, 0.2) is 77.7 Å². The number of halogens is 2. The summed E-state index contributed by atoms with van der Waals surface area (Å²) in [6.45, 7) is 3.54. The number of carbonyl (C=O) groups is 3. The highest BCUT2D eigenvalue weighted by atomic mass is 32.2. The molecule has 200 valence electrons. The van der Waals surface area contributed by atoms with Crippen LogP contribution in [0, 0.1) is 11.6 Å². The van der Waals surface area contributed by atoms with Crippen molar-refractivity contribution in [2.45, 2.75) is 13.0 Å². The van der Waals surface area contributed by atoms with Gasteiger partial charge >= 0.3 is 0 Å². The molecule has 39 heavy (non-hydrogen) atoms. The average Bonchev–Trinajstić information content (AvgIpc) is 3.21. The molecule has 6 nitrogen and oxygen atoms in total. The van der Waals surface area contributed by atoms with Crippen molar-refractivity contribution in [1.29, 1.82) is 0 Å². The molecule has 0 N–H and O–H groups in total. The van der Waals surface area contributed by atoms with Crippen molar-refractivity contribution in [3.8, 4) is 0 Å². The topological polar surface area (TPSA) is 60.9 Å². The van der Waals surface area contributed by atoms with Gasteiger partial charge in [-0.2, -0.15) is 0 Å². The quantitative estimate of drug-likeness (QED) is 0.381. The molecule has 0 radical (unpaired) electrons. The van der Waals surface area contributed by atoms with E-state index in [9.17, 15) is 23.2 Å². The fraction of sp³-hybridized carbons (Fsp3) is 0.233. The molecule has 0 atom stereocenters. The summed E-state index contributed by atoms with van der Waals surface area (Å²) in [6, 6.07) is 20.3. The van der Waals surface area contributed by atoms with Crippen molar-refractivity contribution in [1.82, 2.24) is 14.7 Å². The minimum absolute atomic E-state index is 0.0488. The number of thioether (sulfide) groups is 1. The molecule has 2 aliphatic rings. The van der Waals surface area contributed by atoms with Crippen molar-refractivity contribution < 1.29 is 23.2 Å². The Balaban J connectivity index is 1.20. The number of piperazine rings is 1. The normalized spacial score (nSPS) is 17.3. The Labute approximate surface area is 229 Å². The molecule has 5 rings (SSSR count). The highest BCUT2D eigenvalue weighted by molar-refractivity contribution is 8.18. The molecular formula is C30H27F2N3O3S. The number of nitrogens with zero attached hydrogens (tertiary/aromatic N) is 3. The minimum atomic E-state index is -0.818. The molecule has 0 bridgehead atoms. The lowest BCUT2D eigenvalue weighted by Gasteiger charge is -2.34. The summed E-state index contributed by atoms with van der Waals surface area (Å²) in [5.74, 6) is -2.18. The van der Waals surface area contributed by atoms with E-state index in [1.165, 1.54) is 11.6 Å². The molecule has 0 saturated carbocycles. The Bertz CT molecular complexity index is 1420. The summed E-state index contributed by atoms with van der Waals surface area (Å²) in [5, 5.41) is -0.535. The lowest BCUT2D eigenvalue weighted by Crippen LogP contribution is -2.49. The van der Waals surface area contributed by atoms with Gasteiger partial charge in [0, 0.05) is 49.9 Å². The molecule has 3 amide bonds. The number of hydrogen-bond donors (Lipinski definition) is 0. The van der Waals surface area contributed by atoms with Crippen molar-refractivity contribution >= 4 is 34.9 Å². The van der Waals surface area contributed by atoms with E-state index in [-0.39, 0.29) is 22.9 Å². The second-order valence-corrected chi connectivity index (χ2v) is 10.5. The zero-order valence-electron chi connectivity index (χ0n) is 21.2. The van der Waals surface area contributed by atoms with Crippen LogP contribution < -0.4 is 0 Å². The van der Waals surface area contributed by atoms with Gasteiger partial charge in [0.2, 0.25) is 0 Å². The van der Waals surface area contributed by atoms with Crippen LogP contribution in [-0.4, -0.2) is 64.5 Å². The van der Waals surface area contributed by atoms with Crippen LogP contribution in [0.1, 0.15) is 27.0 Å². The zero-order valence-corrected chi connectivity index (χ0v) is 22.0. The number of imide groups is 1. The first-order chi connectivity index (χ1) is 18.9. The molecule has 3 aromatic carbocycles. The lowest BCUT2D eigenvalue weighted by atomic mass is 10.1. The summed E-state index contributed by atoms with van der Waals surface area (Å²) in [4.78, 5) is 43.9. The van der Waals surface area contributed by atoms with Gasteiger partial charge in [0.1, 0.15) is 11.6 Å². The molecule has 2 aliphatic heterocycles. The monoisotopic (exact) mass is 547 g/mol. The summed E-state index contributed by atoms with van der Waals surface area (Å²) in [6.07, 6.45) is 2.53. The van der Waals surface area contributed by atoms with Gasteiger partial charge in [-0.1, -0.05) is 48.5 Å². The summed E-state index contributed by atoms with van der Waals surface area (Å²) in [5.41, 5.74) is 2.47. The van der Waals surface area contributed by atoms with Gasteiger partial charge in [-0.15, -0.1) is 0 Å². The Morgan fingerprint density at radius 2 is 1.67 bits per heavy atom. The fourth-order valence-electron chi connectivity index (χ4n) is 4.66. The van der Waals surface area contributed by atoms with Gasteiger partial charge in [0.15, 0.2) is 0 Å². The van der Waals surface area contributed by atoms with E-state index in [0.717, 1.165) is 54.8 Å². The third-order valence-electron chi connectivity index (χ3n) is 6.87. The maximum Gasteiger partial charge on any atom is 0.293 e. The van der Waals surface area contributed by atoms with Crippen LogP contribution >= 0.6 is 11.8 Å². The van der Waals surface area contributed by atoms with Crippen LogP contribution in [0.5, 0.6) is 0 Å². The van der Waals surface area contributed by atoms with E-state index in [0.29, 0.717) is 24.2 Å².